The fraction of sp³-hybridized carbons (Fsp3) is 0.182. The monoisotopic (exact) mass is 376 g/mol. The molecule has 0 saturated carbocycles. The van der Waals surface area contributed by atoms with Gasteiger partial charge in [-0.1, -0.05) is 36.4 Å². The van der Waals surface area contributed by atoms with Gasteiger partial charge < -0.3 is 20.0 Å². The van der Waals surface area contributed by atoms with Gasteiger partial charge >= 0.3 is 0 Å². The molecule has 0 unspecified atom stereocenters. The van der Waals surface area contributed by atoms with Crippen molar-refractivity contribution in [3.8, 4) is 11.5 Å². The van der Waals surface area contributed by atoms with E-state index in [1.807, 2.05) is 42.5 Å². The minimum Gasteiger partial charge on any atom is -0.508 e. The summed E-state index contributed by atoms with van der Waals surface area (Å²) in [6, 6.07) is 17.3. The lowest BCUT2D eigenvalue weighted by molar-refractivity contribution is 0.0536. The van der Waals surface area contributed by atoms with E-state index < -0.39 is 0 Å². The first-order valence-electron chi connectivity index (χ1n) is 9.12. The van der Waals surface area contributed by atoms with Crippen LogP contribution in [0.5, 0.6) is 11.5 Å². The summed E-state index contributed by atoms with van der Waals surface area (Å²) < 4.78 is 0. The number of hydrogen-bond acceptors (Lipinski definition) is 4. The first-order chi connectivity index (χ1) is 13.5. The van der Waals surface area contributed by atoms with Crippen LogP contribution in [-0.2, 0) is 0 Å². The number of amides is 2. The average molecular weight is 376 g/mol. The molecule has 0 atom stereocenters. The molecule has 1 fully saturated rings. The van der Waals surface area contributed by atoms with Crippen LogP contribution in [0.25, 0.3) is 10.8 Å². The summed E-state index contributed by atoms with van der Waals surface area (Å²) in [6.45, 7) is 1.65. The number of fused-ring (bicyclic) bond motifs is 1. The number of nitrogens with zero attached hydrogens (tertiary/aromatic N) is 2. The Hall–Kier alpha value is -3.54. The predicted octanol–water partition coefficient (Wildman–Crippen LogP) is 2.85. The Balaban J connectivity index is 1.48. The van der Waals surface area contributed by atoms with E-state index in [-0.39, 0.29) is 28.9 Å². The van der Waals surface area contributed by atoms with Gasteiger partial charge in [-0.2, -0.15) is 0 Å². The molecule has 1 saturated heterocycles. The zero-order valence-electron chi connectivity index (χ0n) is 15.2. The van der Waals surface area contributed by atoms with E-state index >= 15 is 0 Å². The summed E-state index contributed by atoms with van der Waals surface area (Å²) >= 11 is 0. The summed E-state index contributed by atoms with van der Waals surface area (Å²) in [5, 5.41) is 21.1. The Morgan fingerprint density at radius 1 is 0.714 bits per heavy atom. The maximum Gasteiger partial charge on any atom is 0.254 e. The van der Waals surface area contributed by atoms with Crippen molar-refractivity contribution in [3.05, 3.63) is 71.8 Å². The predicted molar refractivity (Wildman–Crippen MR) is 106 cm³/mol. The third kappa shape index (κ3) is 3.36. The molecule has 1 aliphatic heterocycles. The summed E-state index contributed by atoms with van der Waals surface area (Å²) in [4.78, 5) is 29.0. The molecule has 1 heterocycles. The molecular formula is C22H20N2O4. The molecule has 0 aromatic heterocycles. The number of carbonyl (C=O) groups excluding carboxylic acids is 2. The van der Waals surface area contributed by atoms with E-state index in [1.165, 1.54) is 18.2 Å². The normalized spacial score (nSPS) is 14.3. The summed E-state index contributed by atoms with van der Waals surface area (Å²) in [5.41, 5.74) is 0.891. The summed E-state index contributed by atoms with van der Waals surface area (Å²) in [7, 11) is 0. The molecule has 28 heavy (non-hydrogen) atoms. The molecule has 0 aliphatic carbocycles. The van der Waals surface area contributed by atoms with Crippen LogP contribution in [0.1, 0.15) is 20.7 Å². The van der Waals surface area contributed by atoms with Gasteiger partial charge in [0.1, 0.15) is 11.5 Å². The fourth-order valence-electron chi connectivity index (χ4n) is 3.60. The van der Waals surface area contributed by atoms with Gasteiger partial charge in [0.15, 0.2) is 0 Å². The number of rotatable bonds is 2. The fourth-order valence-corrected chi connectivity index (χ4v) is 3.60. The van der Waals surface area contributed by atoms with Crippen molar-refractivity contribution in [2.75, 3.05) is 26.2 Å². The van der Waals surface area contributed by atoms with Crippen LogP contribution < -0.4 is 0 Å². The van der Waals surface area contributed by atoms with Gasteiger partial charge in [0.2, 0.25) is 0 Å². The maximum absolute atomic E-state index is 13.0. The average Bonchev–Trinajstić information content (AvgIpc) is 2.71. The number of carbonyl (C=O) groups is 2. The van der Waals surface area contributed by atoms with E-state index in [4.69, 9.17) is 0 Å². The number of benzene rings is 3. The second-order valence-corrected chi connectivity index (χ2v) is 6.85. The smallest absolute Gasteiger partial charge is 0.254 e. The van der Waals surface area contributed by atoms with Crippen molar-refractivity contribution >= 4 is 22.6 Å². The third-order valence-electron chi connectivity index (χ3n) is 5.02. The molecule has 6 nitrogen and oxygen atoms in total. The summed E-state index contributed by atoms with van der Waals surface area (Å²) in [6.07, 6.45) is 0. The molecule has 2 amide bonds. The van der Waals surface area contributed by atoms with Crippen molar-refractivity contribution in [2.45, 2.75) is 0 Å². The van der Waals surface area contributed by atoms with Crippen LogP contribution in [0.15, 0.2) is 60.7 Å². The Kier molecular flexibility index (Phi) is 4.61. The van der Waals surface area contributed by atoms with Crippen molar-refractivity contribution in [3.63, 3.8) is 0 Å². The highest BCUT2D eigenvalue weighted by Crippen LogP contribution is 2.23. The number of phenols is 2. The van der Waals surface area contributed by atoms with Gasteiger partial charge in [0.25, 0.3) is 11.8 Å². The van der Waals surface area contributed by atoms with E-state index in [9.17, 15) is 19.8 Å². The summed E-state index contributed by atoms with van der Waals surface area (Å²) in [5.74, 6) is -0.636. The van der Waals surface area contributed by atoms with E-state index in [2.05, 4.69) is 0 Å². The minimum absolute atomic E-state index is 0.0427. The van der Waals surface area contributed by atoms with Crippen molar-refractivity contribution in [2.24, 2.45) is 0 Å². The quantitative estimate of drug-likeness (QED) is 0.721. The van der Waals surface area contributed by atoms with Crippen LogP contribution in [0.2, 0.25) is 0 Å². The first kappa shape index (κ1) is 17.9. The van der Waals surface area contributed by atoms with Crippen molar-refractivity contribution < 1.29 is 19.8 Å². The Labute approximate surface area is 162 Å². The molecule has 3 aromatic rings. The van der Waals surface area contributed by atoms with Crippen LogP contribution in [0.4, 0.5) is 0 Å². The molecule has 3 aromatic carbocycles. The lowest BCUT2D eigenvalue weighted by Crippen LogP contribution is -2.50. The van der Waals surface area contributed by atoms with Crippen LogP contribution in [-0.4, -0.2) is 58.0 Å². The standard InChI is InChI=1S/C22H20N2O4/c25-17-12-16(13-18(26)14-17)21(27)23-8-10-24(11-9-23)22(28)20-7-3-5-15-4-1-2-6-19(15)20/h1-7,12-14,25-26H,8-11H2. The van der Waals surface area contributed by atoms with Gasteiger partial charge in [-0.05, 0) is 29.0 Å². The number of piperazine rings is 1. The van der Waals surface area contributed by atoms with E-state index in [1.54, 1.807) is 9.80 Å². The topological polar surface area (TPSA) is 81.1 Å². The molecule has 142 valence electrons. The molecule has 0 radical (unpaired) electrons. The SMILES string of the molecule is O=C(c1cc(O)cc(O)c1)N1CCN(C(=O)c2cccc3ccccc23)CC1. The largest absolute Gasteiger partial charge is 0.508 e. The highest BCUT2D eigenvalue weighted by atomic mass is 16.3. The molecule has 6 heteroatoms. The highest BCUT2D eigenvalue weighted by Gasteiger charge is 2.26. The number of hydrogen-bond donors (Lipinski definition) is 2. The Morgan fingerprint density at radius 2 is 1.29 bits per heavy atom. The second-order valence-electron chi connectivity index (χ2n) is 6.85. The Morgan fingerprint density at radius 3 is 1.96 bits per heavy atom. The molecule has 2 N–H and O–H groups in total. The number of phenolic OH excluding ortho intramolecular Hbond substituents is 2. The van der Waals surface area contributed by atoms with E-state index in [0.29, 0.717) is 31.7 Å². The molecule has 0 spiro atoms. The molecule has 1 aliphatic rings. The van der Waals surface area contributed by atoms with Crippen molar-refractivity contribution in [1.82, 2.24) is 9.80 Å². The zero-order valence-corrected chi connectivity index (χ0v) is 15.2. The highest BCUT2D eigenvalue weighted by molar-refractivity contribution is 6.07. The van der Waals surface area contributed by atoms with Gasteiger partial charge in [-0.15, -0.1) is 0 Å². The number of aromatic hydroxyl groups is 2. The van der Waals surface area contributed by atoms with Gasteiger partial charge in [0.05, 0.1) is 0 Å². The first-order valence-corrected chi connectivity index (χ1v) is 9.12. The molecule has 0 bridgehead atoms. The molecular weight excluding hydrogens is 356 g/mol. The van der Waals surface area contributed by atoms with Gasteiger partial charge in [0, 0.05) is 43.4 Å². The van der Waals surface area contributed by atoms with Crippen LogP contribution in [0, 0.1) is 0 Å². The second kappa shape index (κ2) is 7.23. The van der Waals surface area contributed by atoms with Crippen LogP contribution >= 0.6 is 0 Å². The maximum atomic E-state index is 13.0. The van der Waals surface area contributed by atoms with Gasteiger partial charge in [-0.3, -0.25) is 9.59 Å². The minimum atomic E-state index is -0.275. The lowest BCUT2D eigenvalue weighted by atomic mass is 10.0. The Bertz CT molecular complexity index is 1030. The lowest BCUT2D eigenvalue weighted by Gasteiger charge is -2.35. The molecule has 4 rings (SSSR count). The van der Waals surface area contributed by atoms with Gasteiger partial charge in [-0.25, -0.2) is 0 Å². The van der Waals surface area contributed by atoms with Crippen LogP contribution in [0.3, 0.4) is 0 Å². The van der Waals surface area contributed by atoms with E-state index in [0.717, 1.165) is 10.8 Å². The van der Waals surface area contributed by atoms with Crippen molar-refractivity contribution in [1.29, 1.82) is 0 Å². The zero-order chi connectivity index (χ0) is 19.7. The third-order valence-corrected chi connectivity index (χ3v) is 5.02.